The Morgan fingerprint density at radius 2 is 1.59 bits per heavy atom. The molecule has 176 valence electrons. The van der Waals surface area contributed by atoms with E-state index in [4.69, 9.17) is 17.0 Å². The van der Waals surface area contributed by atoms with Gasteiger partial charge in [0, 0.05) is 19.2 Å². The summed E-state index contributed by atoms with van der Waals surface area (Å²) >= 11 is 5.33. The number of thiocarbonyl (C=S) groups is 1. The molecule has 0 radical (unpaired) electrons. The lowest BCUT2D eigenvalue weighted by Gasteiger charge is -2.20. The molecule has 0 aliphatic carbocycles. The number of hydrogen-bond acceptors (Lipinski definition) is 4. The number of para-hydroxylation sites is 1. The molecule has 2 N–H and O–H groups in total. The zero-order chi connectivity index (χ0) is 24.5. The normalized spacial score (nSPS) is 10.5. The van der Waals surface area contributed by atoms with Gasteiger partial charge in [-0.1, -0.05) is 56.3 Å². The lowest BCUT2D eigenvalue weighted by molar-refractivity contribution is 0.0786. The minimum atomic E-state index is -0.349. The van der Waals surface area contributed by atoms with Gasteiger partial charge in [-0.3, -0.25) is 14.9 Å². The maximum atomic E-state index is 13.1. The lowest BCUT2D eigenvalue weighted by atomic mass is 10.1. The summed E-state index contributed by atoms with van der Waals surface area (Å²) < 4.78 is 5.65. The van der Waals surface area contributed by atoms with E-state index >= 15 is 0 Å². The van der Waals surface area contributed by atoms with Crippen molar-refractivity contribution in [3.63, 3.8) is 0 Å². The van der Waals surface area contributed by atoms with E-state index in [0.717, 1.165) is 5.56 Å². The van der Waals surface area contributed by atoms with Crippen molar-refractivity contribution < 1.29 is 14.3 Å². The van der Waals surface area contributed by atoms with Gasteiger partial charge in [-0.2, -0.15) is 0 Å². The van der Waals surface area contributed by atoms with Crippen molar-refractivity contribution in [2.45, 2.75) is 20.4 Å². The lowest BCUT2D eigenvalue weighted by Crippen LogP contribution is -2.35. The van der Waals surface area contributed by atoms with E-state index in [-0.39, 0.29) is 16.9 Å². The third-order valence-electron chi connectivity index (χ3n) is 4.94. The van der Waals surface area contributed by atoms with Crippen LogP contribution in [0.2, 0.25) is 0 Å². The number of hydrogen-bond donors (Lipinski definition) is 2. The van der Waals surface area contributed by atoms with Gasteiger partial charge in [0.25, 0.3) is 11.8 Å². The maximum Gasteiger partial charge on any atom is 0.257 e. The number of anilines is 1. The molecule has 0 aliphatic heterocycles. The third kappa shape index (κ3) is 7.15. The molecule has 0 spiro atoms. The van der Waals surface area contributed by atoms with Crippen LogP contribution in [0.4, 0.5) is 5.69 Å². The van der Waals surface area contributed by atoms with E-state index in [1.807, 2.05) is 30.3 Å². The van der Waals surface area contributed by atoms with Crippen LogP contribution in [0.1, 0.15) is 40.1 Å². The number of amides is 2. The molecule has 0 fully saturated rings. The van der Waals surface area contributed by atoms with Crippen molar-refractivity contribution in [2.75, 3.05) is 19.0 Å². The molecule has 0 atom stereocenters. The predicted molar refractivity (Wildman–Crippen MR) is 139 cm³/mol. The van der Waals surface area contributed by atoms with Crippen molar-refractivity contribution >= 4 is 34.8 Å². The number of carbonyl (C=O) groups is 2. The fraction of sp³-hybridized carbons (Fsp3) is 0.222. The Hall–Kier alpha value is -3.71. The highest BCUT2D eigenvalue weighted by atomic mass is 32.1. The first-order chi connectivity index (χ1) is 16.3. The van der Waals surface area contributed by atoms with E-state index < -0.39 is 0 Å². The molecule has 2 amide bonds. The molecular formula is C27H29N3O3S. The van der Waals surface area contributed by atoms with E-state index in [2.05, 4.69) is 24.5 Å². The van der Waals surface area contributed by atoms with Crippen molar-refractivity contribution in [1.29, 1.82) is 0 Å². The highest BCUT2D eigenvalue weighted by Gasteiger charge is 2.17. The third-order valence-corrected chi connectivity index (χ3v) is 5.15. The van der Waals surface area contributed by atoms with Crippen LogP contribution in [0, 0.1) is 5.92 Å². The molecule has 0 saturated heterocycles. The molecule has 6 nitrogen and oxygen atoms in total. The first-order valence-electron chi connectivity index (χ1n) is 11.1. The predicted octanol–water partition coefficient (Wildman–Crippen LogP) is 5.12. The molecule has 0 bridgehead atoms. The van der Waals surface area contributed by atoms with Crippen molar-refractivity contribution in [2.24, 2.45) is 5.92 Å². The summed E-state index contributed by atoms with van der Waals surface area (Å²) in [6.07, 6.45) is 0. The van der Waals surface area contributed by atoms with Crippen LogP contribution in [0.5, 0.6) is 5.75 Å². The summed E-state index contributed by atoms with van der Waals surface area (Å²) in [5, 5.41) is 5.76. The van der Waals surface area contributed by atoms with Crippen LogP contribution in [-0.4, -0.2) is 35.5 Å². The first kappa shape index (κ1) is 24.9. The van der Waals surface area contributed by atoms with Crippen molar-refractivity contribution in [3.8, 4) is 5.75 Å². The smallest absolute Gasteiger partial charge is 0.257 e. The van der Waals surface area contributed by atoms with Gasteiger partial charge in [0.05, 0.1) is 17.9 Å². The SMILES string of the molecule is CC(C)COc1ccc(C(=O)NC(=S)Nc2ccccc2C(=O)N(C)Cc2ccccc2)cc1. The topological polar surface area (TPSA) is 70.7 Å². The zero-order valence-corrected chi connectivity index (χ0v) is 20.4. The van der Waals surface area contributed by atoms with Gasteiger partial charge >= 0.3 is 0 Å². The summed E-state index contributed by atoms with van der Waals surface area (Å²) in [4.78, 5) is 27.3. The summed E-state index contributed by atoms with van der Waals surface area (Å²) in [5.41, 5.74) is 2.47. The Labute approximate surface area is 205 Å². The monoisotopic (exact) mass is 475 g/mol. The number of nitrogens with zero attached hydrogens (tertiary/aromatic N) is 1. The van der Waals surface area contributed by atoms with Crippen molar-refractivity contribution in [1.82, 2.24) is 10.2 Å². The molecule has 0 unspecified atom stereocenters. The van der Waals surface area contributed by atoms with E-state index in [1.165, 1.54) is 0 Å². The van der Waals surface area contributed by atoms with Gasteiger partial charge in [0.1, 0.15) is 5.75 Å². The summed E-state index contributed by atoms with van der Waals surface area (Å²) in [6, 6.07) is 23.7. The molecule has 0 aromatic heterocycles. The van der Waals surface area contributed by atoms with Crippen LogP contribution in [0.15, 0.2) is 78.9 Å². The number of nitrogens with one attached hydrogen (secondary N) is 2. The maximum absolute atomic E-state index is 13.1. The largest absolute Gasteiger partial charge is 0.493 e. The molecule has 3 rings (SSSR count). The Kier molecular flexibility index (Phi) is 8.76. The second kappa shape index (κ2) is 12.0. The Bertz CT molecular complexity index is 1130. The highest BCUT2D eigenvalue weighted by molar-refractivity contribution is 7.80. The van der Waals surface area contributed by atoms with Gasteiger partial charge in [0.2, 0.25) is 0 Å². The molecule has 34 heavy (non-hydrogen) atoms. The second-order valence-electron chi connectivity index (χ2n) is 8.33. The highest BCUT2D eigenvalue weighted by Crippen LogP contribution is 2.18. The van der Waals surface area contributed by atoms with Crippen LogP contribution in [0.3, 0.4) is 0 Å². The molecule has 0 heterocycles. The molecule has 3 aromatic rings. The number of benzene rings is 3. The number of ether oxygens (including phenoxy) is 1. The molecular weight excluding hydrogens is 446 g/mol. The van der Waals surface area contributed by atoms with E-state index in [0.29, 0.717) is 41.6 Å². The number of rotatable bonds is 8. The second-order valence-corrected chi connectivity index (χ2v) is 8.74. The quantitative estimate of drug-likeness (QED) is 0.443. The first-order valence-corrected chi connectivity index (χ1v) is 11.5. The fourth-order valence-corrected chi connectivity index (χ4v) is 3.41. The van der Waals surface area contributed by atoms with Crippen LogP contribution in [0.25, 0.3) is 0 Å². The zero-order valence-electron chi connectivity index (χ0n) is 19.6. The Morgan fingerprint density at radius 1 is 0.941 bits per heavy atom. The minimum absolute atomic E-state index is 0.107. The van der Waals surface area contributed by atoms with Gasteiger partial charge < -0.3 is 15.0 Å². The van der Waals surface area contributed by atoms with Gasteiger partial charge in [-0.25, -0.2) is 0 Å². The van der Waals surface area contributed by atoms with Crippen molar-refractivity contribution in [3.05, 3.63) is 95.6 Å². The fourth-order valence-electron chi connectivity index (χ4n) is 3.21. The molecule has 7 heteroatoms. The van der Waals surface area contributed by atoms with Gasteiger partial charge in [-0.05, 0) is 60.1 Å². The van der Waals surface area contributed by atoms with Crippen LogP contribution in [-0.2, 0) is 6.54 Å². The van der Waals surface area contributed by atoms with Gasteiger partial charge in [-0.15, -0.1) is 0 Å². The van der Waals surface area contributed by atoms with Gasteiger partial charge in [0.15, 0.2) is 5.11 Å². The Balaban J connectivity index is 1.62. The summed E-state index contributed by atoms with van der Waals surface area (Å²) in [7, 11) is 1.75. The summed E-state index contributed by atoms with van der Waals surface area (Å²) in [6.45, 7) is 5.23. The number of carbonyl (C=O) groups excluding carboxylic acids is 2. The molecule has 0 aliphatic rings. The minimum Gasteiger partial charge on any atom is -0.493 e. The average Bonchev–Trinajstić information content (AvgIpc) is 2.83. The summed E-state index contributed by atoms with van der Waals surface area (Å²) in [5.74, 6) is 0.619. The molecule has 0 saturated carbocycles. The van der Waals surface area contributed by atoms with Crippen LogP contribution >= 0.6 is 12.2 Å². The molecule has 3 aromatic carbocycles. The van der Waals surface area contributed by atoms with E-state index in [1.54, 1.807) is 60.5 Å². The standard InChI is InChI=1S/C27H29N3O3S/c1-19(2)18-33-22-15-13-21(14-16-22)25(31)29-27(34)28-24-12-8-7-11-23(24)26(32)30(3)17-20-9-5-4-6-10-20/h4-16,19H,17-18H2,1-3H3,(H2,28,29,31,34). The van der Waals surface area contributed by atoms with E-state index in [9.17, 15) is 9.59 Å². The van der Waals surface area contributed by atoms with Crippen LogP contribution < -0.4 is 15.4 Å². The average molecular weight is 476 g/mol. The Morgan fingerprint density at radius 3 is 2.26 bits per heavy atom.